The van der Waals surface area contributed by atoms with Gasteiger partial charge in [-0.05, 0) is 6.92 Å². The Kier molecular flexibility index (Phi) is 4.76. The lowest BCUT2D eigenvalue weighted by molar-refractivity contribution is -0.140. The van der Waals surface area contributed by atoms with Crippen molar-refractivity contribution in [3.05, 3.63) is 12.2 Å². The summed E-state index contributed by atoms with van der Waals surface area (Å²) in [7, 11) is 0. The first-order valence-electron chi connectivity index (χ1n) is 2.96. The summed E-state index contributed by atoms with van der Waals surface area (Å²) in [6.07, 6.45) is 1.83. The van der Waals surface area contributed by atoms with Gasteiger partial charge in [-0.25, -0.2) is 9.59 Å². The minimum Gasteiger partial charge on any atom is -0.463 e. The molecule has 2 N–H and O–H groups in total. The van der Waals surface area contributed by atoms with Crippen molar-refractivity contribution in [2.24, 2.45) is 5.90 Å². The topological polar surface area (TPSA) is 78.6 Å². The predicted octanol–water partition coefficient (Wildman–Crippen LogP) is -0.477. The van der Waals surface area contributed by atoms with Crippen molar-refractivity contribution in [1.29, 1.82) is 0 Å². The van der Waals surface area contributed by atoms with Crippen LogP contribution in [0.5, 0.6) is 0 Å². The fourth-order valence-corrected chi connectivity index (χ4v) is 0.366. The zero-order valence-corrected chi connectivity index (χ0v) is 6.07. The highest BCUT2D eigenvalue weighted by Gasteiger charge is 1.96. The molecule has 0 aliphatic heterocycles. The first-order chi connectivity index (χ1) is 5.20. The van der Waals surface area contributed by atoms with E-state index in [1.165, 1.54) is 0 Å². The Bertz CT molecular complexity index is 175. The van der Waals surface area contributed by atoms with Crippen LogP contribution >= 0.6 is 0 Å². The van der Waals surface area contributed by atoms with E-state index in [0.29, 0.717) is 0 Å². The monoisotopic (exact) mass is 159 g/mol. The van der Waals surface area contributed by atoms with Crippen LogP contribution in [0.2, 0.25) is 0 Å². The number of hydrogen-bond donors (Lipinski definition) is 1. The molecule has 0 spiro atoms. The summed E-state index contributed by atoms with van der Waals surface area (Å²) in [5, 5.41) is 0. The molecule has 5 heteroatoms. The number of carbonyl (C=O) groups is 2. The van der Waals surface area contributed by atoms with Crippen molar-refractivity contribution >= 4 is 11.9 Å². The van der Waals surface area contributed by atoms with Gasteiger partial charge in [0.05, 0.1) is 6.61 Å². The molecule has 0 bridgehead atoms. The van der Waals surface area contributed by atoms with Gasteiger partial charge >= 0.3 is 11.9 Å². The molecule has 0 heterocycles. The van der Waals surface area contributed by atoms with E-state index >= 15 is 0 Å². The van der Waals surface area contributed by atoms with Gasteiger partial charge in [-0.2, -0.15) is 5.90 Å². The van der Waals surface area contributed by atoms with Crippen molar-refractivity contribution in [3.8, 4) is 0 Å². The van der Waals surface area contributed by atoms with E-state index in [2.05, 4.69) is 15.5 Å². The Hall–Kier alpha value is -1.36. The van der Waals surface area contributed by atoms with Crippen LogP contribution < -0.4 is 5.90 Å². The highest BCUT2D eigenvalue weighted by molar-refractivity contribution is 5.91. The maximum Gasteiger partial charge on any atom is 0.349 e. The van der Waals surface area contributed by atoms with Crippen molar-refractivity contribution in [2.45, 2.75) is 6.92 Å². The van der Waals surface area contributed by atoms with Crippen LogP contribution in [-0.2, 0) is 19.2 Å². The van der Waals surface area contributed by atoms with Gasteiger partial charge in [-0.1, -0.05) is 0 Å². The summed E-state index contributed by atoms with van der Waals surface area (Å²) in [6.45, 7) is 1.92. The molecule has 0 rings (SSSR count). The van der Waals surface area contributed by atoms with E-state index in [-0.39, 0.29) is 6.61 Å². The van der Waals surface area contributed by atoms with Crippen LogP contribution in [0, 0.1) is 0 Å². The summed E-state index contributed by atoms with van der Waals surface area (Å²) in [4.78, 5) is 24.5. The molecule has 0 atom stereocenters. The summed E-state index contributed by atoms with van der Waals surface area (Å²) in [5.41, 5.74) is 0. The molecule has 5 nitrogen and oxygen atoms in total. The molecule has 62 valence electrons. The number of nitrogens with two attached hydrogens (primary N) is 1. The molecule has 0 saturated heterocycles. The number of rotatable bonds is 3. The second kappa shape index (κ2) is 5.43. The zero-order valence-electron chi connectivity index (χ0n) is 6.07. The number of carbonyl (C=O) groups excluding carboxylic acids is 2. The van der Waals surface area contributed by atoms with E-state index < -0.39 is 11.9 Å². The molecule has 11 heavy (non-hydrogen) atoms. The standard InChI is InChI=1S/C6H9NO4/c1-2-10-5(8)3-4-6(9)11-7/h3-4H,2,7H2,1H3/b4-3+. The normalized spacial score (nSPS) is 9.64. The van der Waals surface area contributed by atoms with Crippen molar-refractivity contribution in [1.82, 2.24) is 0 Å². The van der Waals surface area contributed by atoms with Crippen LogP contribution in [0.1, 0.15) is 6.92 Å². The van der Waals surface area contributed by atoms with Crippen molar-refractivity contribution < 1.29 is 19.2 Å². The van der Waals surface area contributed by atoms with Crippen LogP contribution in [0.25, 0.3) is 0 Å². The van der Waals surface area contributed by atoms with Gasteiger partial charge < -0.3 is 9.57 Å². The SMILES string of the molecule is CCOC(=O)/C=C/C(=O)ON. The number of ether oxygens (including phenoxy) is 1. The Labute approximate surface area is 63.7 Å². The van der Waals surface area contributed by atoms with Crippen LogP contribution in [0.3, 0.4) is 0 Å². The van der Waals surface area contributed by atoms with Gasteiger partial charge in [0.2, 0.25) is 0 Å². The largest absolute Gasteiger partial charge is 0.463 e. The van der Waals surface area contributed by atoms with Gasteiger partial charge in [-0.15, -0.1) is 0 Å². The molecule has 0 aromatic carbocycles. The second-order valence-corrected chi connectivity index (χ2v) is 1.52. The van der Waals surface area contributed by atoms with Crippen LogP contribution in [0.4, 0.5) is 0 Å². The second-order valence-electron chi connectivity index (χ2n) is 1.52. The van der Waals surface area contributed by atoms with E-state index in [0.717, 1.165) is 12.2 Å². The third-order valence-electron chi connectivity index (χ3n) is 0.758. The predicted molar refractivity (Wildman–Crippen MR) is 36.1 cm³/mol. The summed E-state index contributed by atoms with van der Waals surface area (Å²) >= 11 is 0. The van der Waals surface area contributed by atoms with E-state index in [1.807, 2.05) is 0 Å². The van der Waals surface area contributed by atoms with Gasteiger partial charge in [0, 0.05) is 12.2 Å². The zero-order chi connectivity index (χ0) is 8.69. The molecule has 0 fully saturated rings. The van der Waals surface area contributed by atoms with Gasteiger partial charge in [0.1, 0.15) is 0 Å². The van der Waals surface area contributed by atoms with Gasteiger partial charge in [0.15, 0.2) is 0 Å². The molecule has 0 amide bonds. The minimum atomic E-state index is -0.793. The van der Waals surface area contributed by atoms with Crippen molar-refractivity contribution in [2.75, 3.05) is 6.61 Å². The molecule has 0 aromatic heterocycles. The highest BCUT2D eigenvalue weighted by Crippen LogP contribution is 1.81. The van der Waals surface area contributed by atoms with Crippen LogP contribution in [-0.4, -0.2) is 18.5 Å². The molecule has 0 aromatic rings. The molecule has 0 radical (unpaired) electrons. The molecule has 0 aliphatic rings. The lowest BCUT2D eigenvalue weighted by atomic mass is 10.5. The molecule has 0 aliphatic carbocycles. The highest BCUT2D eigenvalue weighted by atomic mass is 16.7. The van der Waals surface area contributed by atoms with E-state index in [1.54, 1.807) is 6.92 Å². The van der Waals surface area contributed by atoms with E-state index in [9.17, 15) is 9.59 Å². The molecular formula is C6H9NO4. The fourth-order valence-electron chi connectivity index (χ4n) is 0.366. The average Bonchev–Trinajstić information content (AvgIpc) is 2.01. The average molecular weight is 159 g/mol. The molecule has 0 unspecified atom stereocenters. The quantitative estimate of drug-likeness (QED) is 0.342. The minimum absolute atomic E-state index is 0.265. The first-order valence-corrected chi connectivity index (χ1v) is 2.96. The maximum atomic E-state index is 10.5. The first kappa shape index (κ1) is 9.64. The lowest BCUT2D eigenvalue weighted by Gasteiger charge is -1.93. The summed E-state index contributed by atoms with van der Waals surface area (Å²) in [6, 6.07) is 0. The third-order valence-corrected chi connectivity index (χ3v) is 0.758. The summed E-state index contributed by atoms with van der Waals surface area (Å²) in [5.74, 6) is 3.09. The van der Waals surface area contributed by atoms with Crippen molar-refractivity contribution in [3.63, 3.8) is 0 Å². The Morgan fingerprint density at radius 2 is 1.91 bits per heavy atom. The van der Waals surface area contributed by atoms with E-state index in [4.69, 9.17) is 0 Å². The smallest absolute Gasteiger partial charge is 0.349 e. The van der Waals surface area contributed by atoms with Crippen LogP contribution in [0.15, 0.2) is 12.2 Å². The van der Waals surface area contributed by atoms with Gasteiger partial charge in [-0.3, -0.25) is 0 Å². The third kappa shape index (κ3) is 5.10. The molecular weight excluding hydrogens is 150 g/mol. The maximum absolute atomic E-state index is 10.5. The Morgan fingerprint density at radius 1 is 1.36 bits per heavy atom. The summed E-state index contributed by atoms with van der Waals surface area (Å²) < 4.78 is 4.46. The molecule has 0 saturated carbocycles. The lowest BCUT2D eigenvalue weighted by Crippen LogP contribution is -2.07. The van der Waals surface area contributed by atoms with Gasteiger partial charge in [0.25, 0.3) is 0 Å². The number of esters is 1. The Morgan fingerprint density at radius 3 is 2.36 bits per heavy atom. The Balaban J connectivity index is 3.73. The fraction of sp³-hybridized carbons (Fsp3) is 0.333. The number of hydrogen-bond acceptors (Lipinski definition) is 5.